The van der Waals surface area contributed by atoms with Crippen LogP contribution in [0.15, 0.2) is 11.6 Å². The minimum Gasteiger partial charge on any atom is -0.726 e. The molecule has 0 amide bonds. The van der Waals surface area contributed by atoms with Gasteiger partial charge in [-0.1, -0.05) is 26.3 Å². The van der Waals surface area contributed by atoms with E-state index >= 15 is 0 Å². The van der Waals surface area contributed by atoms with E-state index in [2.05, 4.69) is 20.8 Å². The van der Waals surface area contributed by atoms with E-state index in [4.69, 9.17) is 8.92 Å². The minimum atomic E-state index is -4.95. The Kier molecular flexibility index (Phi) is 6.84. The fourth-order valence-electron chi connectivity index (χ4n) is 11.6. The maximum absolute atomic E-state index is 13.3. The maximum atomic E-state index is 13.3. The van der Waals surface area contributed by atoms with Crippen LogP contribution in [0.5, 0.6) is 0 Å². The van der Waals surface area contributed by atoms with Gasteiger partial charge in [0.15, 0.2) is 5.78 Å². The first-order valence-electron chi connectivity index (χ1n) is 14.9. The lowest BCUT2D eigenvalue weighted by molar-refractivity contribution is -0.189. The number of carbonyl (C=O) groups is 2. The zero-order chi connectivity index (χ0) is 28.8. The van der Waals surface area contributed by atoms with E-state index in [-0.39, 0.29) is 33.4 Å². The second-order valence-corrected chi connectivity index (χ2v) is 15.8. The summed E-state index contributed by atoms with van der Waals surface area (Å²) in [6.07, 6.45) is 9.94. The van der Waals surface area contributed by atoms with Crippen molar-refractivity contribution in [2.75, 3.05) is 7.11 Å². The van der Waals surface area contributed by atoms with Crippen molar-refractivity contribution in [3.8, 4) is 0 Å². The van der Waals surface area contributed by atoms with Crippen molar-refractivity contribution in [1.82, 2.24) is 0 Å². The van der Waals surface area contributed by atoms with Crippen LogP contribution < -0.4 is 0 Å². The predicted molar refractivity (Wildman–Crippen MR) is 146 cm³/mol. The molecule has 5 fully saturated rings. The Bertz CT molecular complexity index is 1190. The number of ether oxygens (including phenoxy) is 1. The van der Waals surface area contributed by atoms with Crippen molar-refractivity contribution in [3.05, 3.63) is 11.6 Å². The van der Waals surface area contributed by atoms with E-state index in [1.807, 2.05) is 13.8 Å². The quantitative estimate of drug-likeness (QED) is 0.162. The summed E-state index contributed by atoms with van der Waals surface area (Å²) < 4.78 is 45.2. The maximum Gasteiger partial charge on any atom is 0.314 e. The summed E-state index contributed by atoms with van der Waals surface area (Å²) in [5, 5.41) is 0. The molecule has 39 heavy (non-hydrogen) atoms. The van der Waals surface area contributed by atoms with Crippen LogP contribution in [-0.4, -0.2) is 37.9 Å². The minimum absolute atomic E-state index is 0.0428. The van der Waals surface area contributed by atoms with Crippen LogP contribution in [-0.2, 0) is 28.9 Å². The average molecular weight is 564 g/mol. The zero-order valence-electron chi connectivity index (χ0n) is 24.8. The highest BCUT2D eigenvalue weighted by Crippen LogP contribution is 2.89. The molecule has 0 aliphatic heterocycles. The fourth-order valence-corrected chi connectivity index (χ4v) is 12.2. The lowest BCUT2D eigenvalue weighted by Crippen LogP contribution is -2.60. The van der Waals surface area contributed by atoms with Gasteiger partial charge in [-0.2, -0.15) is 0 Å². The van der Waals surface area contributed by atoms with E-state index < -0.39 is 27.9 Å². The molecule has 5 aliphatic rings. The lowest BCUT2D eigenvalue weighted by Gasteiger charge is -2.63. The Labute approximate surface area is 234 Å². The van der Waals surface area contributed by atoms with E-state index in [9.17, 15) is 22.6 Å². The Hall–Kier alpha value is -1.25. The van der Waals surface area contributed by atoms with Crippen LogP contribution in [0.25, 0.3) is 0 Å². The predicted octanol–water partition coefficient (Wildman–Crippen LogP) is 5.99. The van der Waals surface area contributed by atoms with Gasteiger partial charge < -0.3 is 9.29 Å². The molecule has 5 aliphatic carbocycles. The topological polar surface area (TPSA) is 110 Å². The monoisotopic (exact) mass is 563 g/mol. The summed E-state index contributed by atoms with van der Waals surface area (Å²) in [5.41, 5.74) is 0.295. The number of hydrogen-bond acceptors (Lipinski definition) is 7. The van der Waals surface area contributed by atoms with Gasteiger partial charge in [-0.25, -0.2) is 8.42 Å². The number of methoxy groups -OCH3 is 1. The summed E-state index contributed by atoms with van der Waals surface area (Å²) in [7, 11) is -3.62. The van der Waals surface area contributed by atoms with Gasteiger partial charge in [0.1, 0.15) is 0 Å². The van der Waals surface area contributed by atoms with E-state index in [0.29, 0.717) is 30.6 Å². The standard InChI is InChI=1S/C31H48O7S/c1-19(2)16-21(32)17-20(3)22-10-12-28(5)23-8-9-24-29(6,26(33)37-7)25(38-39(34,35)36)11-13-30(24)18-31(23,30)15-14-27(22,28)4/h16,20,22-25H,8-15,17-18H2,1-7H3,(H,34,35,36)/p-1/t20-,22-,23+,24+,25+,27-,28+,29+,30-,31+/m1/s1. The van der Waals surface area contributed by atoms with Crippen LogP contribution in [0, 0.1) is 50.7 Å². The highest BCUT2D eigenvalue weighted by Gasteiger charge is 2.83. The van der Waals surface area contributed by atoms with Crippen LogP contribution in [0.3, 0.4) is 0 Å². The fraction of sp³-hybridized carbons (Fsp3) is 0.871. The normalized spacial score (nSPS) is 47.1. The Morgan fingerprint density at radius 2 is 1.59 bits per heavy atom. The summed E-state index contributed by atoms with van der Waals surface area (Å²) in [4.78, 5) is 26.0. The molecular weight excluding hydrogens is 516 g/mol. The second-order valence-electron chi connectivity index (χ2n) is 14.8. The molecule has 7 nitrogen and oxygen atoms in total. The number of fused-ring (bicyclic) bond motifs is 2. The molecule has 0 aromatic heterocycles. The van der Waals surface area contributed by atoms with Crippen LogP contribution >= 0.6 is 0 Å². The molecule has 8 heteroatoms. The van der Waals surface area contributed by atoms with Gasteiger partial charge in [0.2, 0.25) is 10.4 Å². The molecule has 10 atom stereocenters. The zero-order valence-corrected chi connectivity index (χ0v) is 25.6. The Morgan fingerprint density at radius 3 is 2.21 bits per heavy atom. The molecule has 0 aromatic carbocycles. The van der Waals surface area contributed by atoms with Gasteiger partial charge >= 0.3 is 5.97 Å². The number of allylic oxidation sites excluding steroid dienone is 2. The smallest absolute Gasteiger partial charge is 0.314 e. The molecule has 5 rings (SSSR count). The van der Waals surface area contributed by atoms with Crippen LogP contribution in [0.4, 0.5) is 0 Å². The van der Waals surface area contributed by atoms with E-state index in [1.165, 1.54) is 7.11 Å². The van der Waals surface area contributed by atoms with Gasteiger partial charge in [0.25, 0.3) is 0 Å². The van der Waals surface area contributed by atoms with Gasteiger partial charge in [0, 0.05) is 6.42 Å². The van der Waals surface area contributed by atoms with Crippen LogP contribution in [0.1, 0.15) is 106 Å². The molecular formula is C31H47O7S-. The van der Waals surface area contributed by atoms with Crippen molar-refractivity contribution < 1.29 is 31.5 Å². The van der Waals surface area contributed by atoms with Gasteiger partial charge in [-0.15, -0.1) is 0 Å². The third-order valence-corrected chi connectivity index (χ3v) is 13.8. The molecule has 0 saturated heterocycles. The number of ketones is 1. The molecule has 5 saturated carbocycles. The number of rotatable bonds is 7. The number of carbonyl (C=O) groups excluding carboxylic acids is 2. The first-order chi connectivity index (χ1) is 18.0. The van der Waals surface area contributed by atoms with Gasteiger partial charge in [-0.05, 0) is 130 Å². The summed E-state index contributed by atoms with van der Waals surface area (Å²) in [5.74, 6) is 1.07. The molecule has 220 valence electrons. The summed E-state index contributed by atoms with van der Waals surface area (Å²) in [6.45, 7) is 13.0. The summed E-state index contributed by atoms with van der Waals surface area (Å²) in [6, 6.07) is 0. The highest BCUT2D eigenvalue weighted by molar-refractivity contribution is 7.80. The third-order valence-electron chi connectivity index (χ3n) is 13.3. The first kappa shape index (κ1) is 29.2. The van der Waals surface area contributed by atoms with E-state index in [1.54, 1.807) is 13.0 Å². The van der Waals surface area contributed by atoms with Crippen LogP contribution in [0.2, 0.25) is 0 Å². The Balaban J connectivity index is 1.44. The third kappa shape index (κ3) is 3.97. The van der Waals surface area contributed by atoms with Crippen molar-refractivity contribution in [2.24, 2.45) is 50.7 Å². The number of esters is 1. The van der Waals surface area contributed by atoms with Gasteiger partial charge in [0.05, 0.1) is 18.6 Å². The SMILES string of the molecule is COC(=O)[C@]1(C)[C@@H](OS(=O)(=O)[O-])CC[C@]23C[C@]24CC[C@]2(C)[C@@H]([C@H](C)CC(=O)C=C(C)C)CC[C@@]2(C)[C@@H]4CC[C@@H]13. The van der Waals surface area contributed by atoms with Crippen molar-refractivity contribution in [3.63, 3.8) is 0 Å². The molecule has 2 spiro atoms. The Morgan fingerprint density at radius 1 is 0.949 bits per heavy atom. The molecule has 0 heterocycles. The second kappa shape index (κ2) is 9.12. The highest BCUT2D eigenvalue weighted by atomic mass is 32.3. The number of hydrogen-bond donors (Lipinski definition) is 0. The largest absolute Gasteiger partial charge is 0.726 e. The molecule has 0 aromatic rings. The van der Waals surface area contributed by atoms with Gasteiger partial charge in [-0.3, -0.25) is 13.8 Å². The molecule has 0 N–H and O–H groups in total. The summed E-state index contributed by atoms with van der Waals surface area (Å²) >= 11 is 0. The molecule has 0 bridgehead atoms. The van der Waals surface area contributed by atoms with Crippen molar-refractivity contribution >= 4 is 22.2 Å². The first-order valence-corrected chi connectivity index (χ1v) is 16.2. The van der Waals surface area contributed by atoms with Crippen molar-refractivity contribution in [1.29, 1.82) is 0 Å². The molecule has 0 unspecified atom stereocenters. The van der Waals surface area contributed by atoms with Crippen molar-refractivity contribution in [2.45, 2.75) is 112 Å². The molecule has 0 radical (unpaired) electrons. The lowest BCUT2D eigenvalue weighted by atomic mass is 9.41. The average Bonchev–Trinajstić information content (AvgIpc) is 3.41. The van der Waals surface area contributed by atoms with E-state index in [0.717, 1.165) is 56.9 Å².